The fourth-order valence-electron chi connectivity index (χ4n) is 1.48. The van der Waals surface area contributed by atoms with Crippen molar-refractivity contribution in [1.82, 2.24) is 9.97 Å². The molecule has 0 fully saturated rings. The Morgan fingerprint density at radius 3 is 2.79 bits per heavy atom. The van der Waals surface area contributed by atoms with Gasteiger partial charge in [-0.05, 0) is 42.6 Å². The molecule has 0 saturated carbocycles. The second-order valence-electron chi connectivity index (χ2n) is 3.89. The van der Waals surface area contributed by atoms with Gasteiger partial charge in [-0.2, -0.15) is 4.98 Å². The van der Waals surface area contributed by atoms with Crippen molar-refractivity contribution in [1.29, 1.82) is 0 Å². The van der Waals surface area contributed by atoms with Gasteiger partial charge in [-0.3, -0.25) is 10.1 Å². The highest BCUT2D eigenvalue weighted by atomic mass is 35.5. The topological polar surface area (TPSA) is 78.2 Å². The van der Waals surface area contributed by atoms with Crippen LogP contribution in [0.15, 0.2) is 24.4 Å². The van der Waals surface area contributed by atoms with Crippen molar-refractivity contribution < 1.29 is 9.66 Å². The maximum atomic E-state index is 10.9. The first kappa shape index (κ1) is 13.2. The third-order valence-corrected chi connectivity index (χ3v) is 2.85. The monoisotopic (exact) mass is 279 g/mol. The summed E-state index contributed by atoms with van der Waals surface area (Å²) in [6.07, 6.45) is 1.02. The second-order valence-corrected chi connectivity index (χ2v) is 4.22. The molecule has 0 unspecified atom stereocenters. The average Bonchev–Trinajstić information content (AvgIpc) is 2.35. The lowest BCUT2D eigenvalue weighted by Gasteiger charge is -2.09. The minimum absolute atomic E-state index is 0.106. The van der Waals surface area contributed by atoms with Gasteiger partial charge in [0.05, 0.1) is 4.92 Å². The van der Waals surface area contributed by atoms with Gasteiger partial charge >= 0.3 is 11.6 Å². The zero-order valence-corrected chi connectivity index (χ0v) is 11.0. The van der Waals surface area contributed by atoms with Gasteiger partial charge in [0.2, 0.25) is 5.28 Å². The fourth-order valence-corrected chi connectivity index (χ4v) is 1.60. The van der Waals surface area contributed by atoms with Crippen LogP contribution in [-0.4, -0.2) is 14.9 Å². The van der Waals surface area contributed by atoms with Crippen LogP contribution in [0.2, 0.25) is 5.28 Å². The predicted octanol–water partition coefficient (Wildman–Crippen LogP) is 3.45. The predicted molar refractivity (Wildman–Crippen MR) is 69.7 cm³/mol. The quantitative estimate of drug-likeness (QED) is 0.488. The molecule has 1 aromatic carbocycles. The van der Waals surface area contributed by atoms with Crippen molar-refractivity contribution in [2.45, 2.75) is 13.8 Å². The summed E-state index contributed by atoms with van der Waals surface area (Å²) >= 11 is 5.63. The Bertz CT molecular complexity index is 646. The van der Waals surface area contributed by atoms with Crippen LogP contribution in [0.3, 0.4) is 0 Å². The number of rotatable bonds is 3. The van der Waals surface area contributed by atoms with E-state index >= 15 is 0 Å². The molecule has 1 heterocycles. The molecule has 0 N–H and O–H groups in total. The summed E-state index contributed by atoms with van der Waals surface area (Å²) in [4.78, 5) is 17.6. The minimum atomic E-state index is -0.614. The smallest absolute Gasteiger partial charge is 0.349 e. The number of hydrogen-bond acceptors (Lipinski definition) is 5. The van der Waals surface area contributed by atoms with E-state index < -0.39 is 4.92 Å². The highest BCUT2D eigenvalue weighted by Gasteiger charge is 2.20. The number of nitrogens with zero attached hydrogens (tertiary/aromatic N) is 3. The second kappa shape index (κ2) is 5.19. The summed E-state index contributed by atoms with van der Waals surface area (Å²) in [5.41, 5.74) is 1.57. The van der Waals surface area contributed by atoms with Crippen LogP contribution in [0.25, 0.3) is 0 Å². The van der Waals surface area contributed by atoms with E-state index in [-0.39, 0.29) is 16.9 Å². The van der Waals surface area contributed by atoms with Crippen LogP contribution < -0.4 is 4.74 Å². The van der Waals surface area contributed by atoms with E-state index in [1.54, 1.807) is 12.1 Å². The molecule has 0 aliphatic rings. The third-order valence-electron chi connectivity index (χ3n) is 2.66. The Balaban J connectivity index is 2.45. The molecule has 0 atom stereocenters. The molecule has 19 heavy (non-hydrogen) atoms. The lowest BCUT2D eigenvalue weighted by atomic mass is 10.1. The van der Waals surface area contributed by atoms with E-state index in [2.05, 4.69) is 9.97 Å². The lowest BCUT2D eigenvalue weighted by molar-refractivity contribution is -0.386. The van der Waals surface area contributed by atoms with Crippen LogP contribution in [-0.2, 0) is 0 Å². The molecular weight excluding hydrogens is 270 g/mol. The van der Waals surface area contributed by atoms with E-state index in [1.807, 2.05) is 19.9 Å². The summed E-state index contributed by atoms with van der Waals surface area (Å²) < 4.78 is 5.49. The van der Waals surface area contributed by atoms with Gasteiger partial charge in [0.15, 0.2) is 0 Å². The number of hydrogen-bond donors (Lipinski definition) is 0. The Morgan fingerprint density at radius 2 is 2.11 bits per heavy atom. The van der Waals surface area contributed by atoms with Crippen molar-refractivity contribution in [3.05, 3.63) is 50.9 Å². The molecule has 0 saturated heterocycles. The zero-order chi connectivity index (χ0) is 14.0. The van der Waals surface area contributed by atoms with Crippen LogP contribution in [0.4, 0.5) is 5.69 Å². The van der Waals surface area contributed by atoms with E-state index in [9.17, 15) is 10.1 Å². The van der Waals surface area contributed by atoms with Gasteiger partial charge in [-0.25, -0.2) is 4.98 Å². The van der Waals surface area contributed by atoms with Crippen molar-refractivity contribution in [3.63, 3.8) is 0 Å². The van der Waals surface area contributed by atoms with Crippen molar-refractivity contribution >= 4 is 17.3 Å². The van der Waals surface area contributed by atoms with Gasteiger partial charge in [-0.15, -0.1) is 0 Å². The van der Waals surface area contributed by atoms with Crippen LogP contribution in [0.1, 0.15) is 11.1 Å². The maximum absolute atomic E-state index is 10.9. The first-order valence-electron chi connectivity index (χ1n) is 5.40. The standard InChI is InChI=1S/C12H10ClN3O3/c1-7-4-3-5-10(8(7)2)19-11-9(16(17)18)6-14-12(13)15-11/h3-6H,1-2H3. The first-order chi connectivity index (χ1) is 8.99. The SMILES string of the molecule is Cc1cccc(Oc2nc(Cl)ncc2[N+](=O)[O-])c1C. The van der Waals surface area contributed by atoms with E-state index in [0.717, 1.165) is 17.3 Å². The summed E-state index contributed by atoms with van der Waals surface area (Å²) in [6.45, 7) is 3.78. The number of aromatic nitrogens is 2. The molecule has 6 nitrogen and oxygen atoms in total. The molecule has 0 aliphatic heterocycles. The molecule has 0 bridgehead atoms. The Morgan fingerprint density at radius 1 is 1.37 bits per heavy atom. The number of halogens is 1. The van der Waals surface area contributed by atoms with Gasteiger partial charge in [0.25, 0.3) is 0 Å². The number of nitro groups is 1. The van der Waals surface area contributed by atoms with Gasteiger partial charge in [0.1, 0.15) is 11.9 Å². The van der Waals surface area contributed by atoms with Gasteiger partial charge in [0, 0.05) is 0 Å². The molecule has 1 aromatic heterocycles. The molecular formula is C12H10ClN3O3. The summed E-state index contributed by atoms with van der Waals surface area (Å²) in [5, 5.41) is 10.8. The third kappa shape index (κ3) is 2.79. The molecule has 0 amide bonds. The first-order valence-corrected chi connectivity index (χ1v) is 5.78. The Kier molecular flexibility index (Phi) is 3.62. The Hall–Kier alpha value is -2.21. The van der Waals surface area contributed by atoms with Crippen molar-refractivity contribution in [3.8, 4) is 11.6 Å². The highest BCUT2D eigenvalue weighted by Crippen LogP contribution is 2.31. The fraction of sp³-hybridized carbons (Fsp3) is 0.167. The molecule has 98 valence electrons. The van der Waals surface area contributed by atoms with E-state index in [0.29, 0.717) is 5.75 Å². The molecule has 2 rings (SSSR count). The average molecular weight is 280 g/mol. The van der Waals surface area contributed by atoms with Crippen LogP contribution >= 0.6 is 11.6 Å². The van der Waals surface area contributed by atoms with Gasteiger partial charge < -0.3 is 4.74 Å². The van der Waals surface area contributed by atoms with Crippen LogP contribution in [0.5, 0.6) is 11.6 Å². The zero-order valence-electron chi connectivity index (χ0n) is 10.3. The molecule has 7 heteroatoms. The summed E-state index contributed by atoms with van der Waals surface area (Å²) in [5.74, 6) is 0.330. The number of benzene rings is 1. The largest absolute Gasteiger partial charge is 0.433 e. The van der Waals surface area contributed by atoms with E-state index in [4.69, 9.17) is 16.3 Å². The van der Waals surface area contributed by atoms with Crippen LogP contribution in [0, 0.1) is 24.0 Å². The molecule has 0 aliphatic carbocycles. The molecule has 2 aromatic rings. The van der Waals surface area contributed by atoms with Gasteiger partial charge in [-0.1, -0.05) is 12.1 Å². The number of ether oxygens (including phenoxy) is 1. The Labute approximate surface area is 114 Å². The highest BCUT2D eigenvalue weighted by molar-refractivity contribution is 6.28. The molecule has 0 spiro atoms. The molecule has 0 radical (unpaired) electrons. The maximum Gasteiger partial charge on any atom is 0.349 e. The van der Waals surface area contributed by atoms with E-state index in [1.165, 1.54) is 0 Å². The normalized spacial score (nSPS) is 10.3. The minimum Gasteiger partial charge on any atom is -0.433 e. The van der Waals surface area contributed by atoms with Crippen molar-refractivity contribution in [2.24, 2.45) is 0 Å². The summed E-state index contributed by atoms with van der Waals surface area (Å²) in [7, 11) is 0. The summed E-state index contributed by atoms with van der Waals surface area (Å²) in [6, 6.07) is 5.43. The number of aryl methyl sites for hydroxylation is 1. The van der Waals surface area contributed by atoms with Crippen molar-refractivity contribution in [2.75, 3.05) is 0 Å². The lowest BCUT2D eigenvalue weighted by Crippen LogP contribution is -1.99.